The molecule has 0 saturated heterocycles. The van der Waals surface area contributed by atoms with Gasteiger partial charge in [0.1, 0.15) is 0 Å². The molecule has 1 aromatic heterocycles. The van der Waals surface area contributed by atoms with Crippen molar-refractivity contribution in [1.82, 2.24) is 4.98 Å². The van der Waals surface area contributed by atoms with Gasteiger partial charge in [0.15, 0.2) is 0 Å². The van der Waals surface area contributed by atoms with Crippen LogP contribution in [0.4, 0.5) is 0 Å². The Labute approximate surface area is 91.7 Å². The van der Waals surface area contributed by atoms with E-state index in [1.54, 1.807) is 6.20 Å². The van der Waals surface area contributed by atoms with E-state index < -0.39 is 0 Å². The van der Waals surface area contributed by atoms with E-state index in [9.17, 15) is 0 Å². The molecule has 0 amide bonds. The van der Waals surface area contributed by atoms with Crippen LogP contribution in [0.25, 0.3) is 0 Å². The lowest BCUT2D eigenvalue weighted by molar-refractivity contribution is 0.294. The lowest BCUT2D eigenvalue weighted by Crippen LogP contribution is -1.98. The van der Waals surface area contributed by atoms with Gasteiger partial charge >= 0.3 is 0 Å². The number of aromatic nitrogens is 1. The highest BCUT2D eigenvalue weighted by atomic mass is 16.5. The van der Waals surface area contributed by atoms with E-state index in [0.717, 1.165) is 18.6 Å². The number of unbranched alkanes of at least 4 members (excludes halogenated alkanes) is 3. The molecule has 1 heterocycles. The fourth-order valence-electron chi connectivity index (χ4n) is 1.26. The van der Waals surface area contributed by atoms with Crippen LogP contribution in [-0.2, 0) is 0 Å². The van der Waals surface area contributed by atoms with Crippen molar-refractivity contribution in [3.63, 3.8) is 0 Å². The van der Waals surface area contributed by atoms with E-state index >= 15 is 0 Å². The Kier molecular flexibility index (Phi) is 5.32. The van der Waals surface area contributed by atoms with E-state index in [1.165, 1.54) is 19.3 Å². The maximum absolute atomic E-state index is 5.47. The van der Waals surface area contributed by atoms with Crippen molar-refractivity contribution >= 4 is 0 Å². The van der Waals surface area contributed by atoms with Crippen LogP contribution < -0.4 is 4.74 Å². The van der Waals surface area contributed by atoms with Gasteiger partial charge in [-0.2, -0.15) is 0 Å². The fraction of sp³-hybridized carbons (Fsp3) is 0.462. The Hall–Kier alpha value is -1.49. The molecular formula is C13H17NO. The van der Waals surface area contributed by atoms with Gasteiger partial charge in [-0.15, -0.1) is 6.42 Å². The van der Waals surface area contributed by atoms with E-state index in [-0.39, 0.29) is 0 Å². The van der Waals surface area contributed by atoms with Gasteiger partial charge < -0.3 is 4.74 Å². The molecule has 0 radical (unpaired) electrons. The molecule has 0 unspecified atom stereocenters. The van der Waals surface area contributed by atoms with Crippen LogP contribution in [0.3, 0.4) is 0 Å². The highest BCUT2D eigenvalue weighted by molar-refractivity contribution is 5.31. The van der Waals surface area contributed by atoms with Crippen LogP contribution >= 0.6 is 0 Å². The summed E-state index contributed by atoms with van der Waals surface area (Å²) in [4.78, 5) is 4.10. The summed E-state index contributed by atoms with van der Waals surface area (Å²) in [6, 6.07) is 3.66. The molecule has 1 rings (SSSR count). The Morgan fingerprint density at radius 2 is 2.20 bits per heavy atom. The summed E-state index contributed by atoms with van der Waals surface area (Å²) in [5.74, 6) is 3.18. The van der Waals surface area contributed by atoms with E-state index in [2.05, 4.69) is 17.8 Å². The second-order valence-electron chi connectivity index (χ2n) is 3.44. The number of rotatable bonds is 6. The Balaban J connectivity index is 2.23. The lowest BCUT2D eigenvalue weighted by Gasteiger charge is -2.04. The van der Waals surface area contributed by atoms with Crippen LogP contribution in [-0.4, -0.2) is 11.6 Å². The number of hydrogen-bond acceptors (Lipinski definition) is 2. The molecule has 0 aliphatic heterocycles. The first-order chi connectivity index (χ1) is 7.36. The number of pyridine rings is 1. The molecule has 0 aliphatic carbocycles. The predicted octanol–water partition coefficient (Wildman–Crippen LogP) is 3.02. The van der Waals surface area contributed by atoms with E-state index in [1.807, 2.05) is 12.1 Å². The Bertz CT molecular complexity index is 310. The molecule has 0 spiro atoms. The van der Waals surface area contributed by atoms with Gasteiger partial charge in [-0.05, 0) is 12.5 Å². The van der Waals surface area contributed by atoms with E-state index in [0.29, 0.717) is 5.88 Å². The van der Waals surface area contributed by atoms with Gasteiger partial charge in [0, 0.05) is 17.8 Å². The first kappa shape index (κ1) is 11.6. The molecule has 0 saturated carbocycles. The molecule has 0 bridgehead atoms. The average molecular weight is 203 g/mol. The minimum atomic E-state index is 0.658. The topological polar surface area (TPSA) is 22.1 Å². The quantitative estimate of drug-likeness (QED) is 0.523. The second-order valence-corrected chi connectivity index (χ2v) is 3.44. The molecule has 0 aromatic carbocycles. The van der Waals surface area contributed by atoms with Gasteiger partial charge in [0.05, 0.1) is 6.61 Å². The van der Waals surface area contributed by atoms with Gasteiger partial charge in [-0.25, -0.2) is 4.98 Å². The van der Waals surface area contributed by atoms with Crippen LogP contribution in [0.15, 0.2) is 18.3 Å². The van der Waals surface area contributed by atoms with Crippen LogP contribution in [0, 0.1) is 12.3 Å². The Morgan fingerprint density at radius 1 is 1.33 bits per heavy atom. The summed E-state index contributed by atoms with van der Waals surface area (Å²) in [5.41, 5.74) is 0.785. The molecule has 80 valence electrons. The summed E-state index contributed by atoms with van der Waals surface area (Å²) >= 11 is 0. The van der Waals surface area contributed by atoms with Crippen molar-refractivity contribution in [2.45, 2.75) is 32.6 Å². The molecule has 2 nitrogen and oxygen atoms in total. The highest BCUT2D eigenvalue weighted by Crippen LogP contribution is 2.08. The molecule has 0 aliphatic rings. The molecule has 15 heavy (non-hydrogen) atoms. The van der Waals surface area contributed by atoms with Crippen molar-refractivity contribution in [2.24, 2.45) is 0 Å². The van der Waals surface area contributed by atoms with Gasteiger partial charge in [-0.1, -0.05) is 32.1 Å². The zero-order valence-corrected chi connectivity index (χ0v) is 9.20. The number of hydrogen-bond donors (Lipinski definition) is 0. The van der Waals surface area contributed by atoms with Crippen molar-refractivity contribution in [3.05, 3.63) is 23.9 Å². The lowest BCUT2D eigenvalue weighted by atomic mass is 10.2. The minimum absolute atomic E-state index is 0.658. The summed E-state index contributed by atoms with van der Waals surface area (Å²) in [5, 5.41) is 0. The number of terminal acetylenes is 1. The third-order valence-corrected chi connectivity index (χ3v) is 2.15. The highest BCUT2D eigenvalue weighted by Gasteiger charge is 1.95. The molecule has 0 atom stereocenters. The van der Waals surface area contributed by atoms with Crippen LogP contribution in [0.2, 0.25) is 0 Å². The first-order valence-corrected chi connectivity index (χ1v) is 5.42. The molecule has 0 N–H and O–H groups in total. The smallest absolute Gasteiger partial charge is 0.213 e. The number of ether oxygens (including phenoxy) is 1. The minimum Gasteiger partial charge on any atom is -0.478 e. The van der Waals surface area contributed by atoms with Gasteiger partial charge in [0.25, 0.3) is 0 Å². The van der Waals surface area contributed by atoms with Crippen molar-refractivity contribution < 1.29 is 4.74 Å². The maximum Gasteiger partial charge on any atom is 0.213 e. The van der Waals surface area contributed by atoms with Crippen LogP contribution in [0.1, 0.15) is 38.2 Å². The van der Waals surface area contributed by atoms with Gasteiger partial charge in [-0.3, -0.25) is 0 Å². The van der Waals surface area contributed by atoms with Gasteiger partial charge in [0.2, 0.25) is 5.88 Å². The first-order valence-electron chi connectivity index (χ1n) is 5.42. The third-order valence-electron chi connectivity index (χ3n) is 2.15. The Morgan fingerprint density at radius 3 is 2.80 bits per heavy atom. The van der Waals surface area contributed by atoms with E-state index in [4.69, 9.17) is 11.2 Å². The predicted molar refractivity (Wildman–Crippen MR) is 61.8 cm³/mol. The largest absolute Gasteiger partial charge is 0.478 e. The summed E-state index contributed by atoms with van der Waals surface area (Å²) in [6.07, 6.45) is 11.7. The summed E-state index contributed by atoms with van der Waals surface area (Å²) < 4.78 is 5.47. The zero-order chi connectivity index (χ0) is 10.9. The fourth-order valence-corrected chi connectivity index (χ4v) is 1.26. The van der Waals surface area contributed by atoms with Crippen LogP contribution in [0.5, 0.6) is 5.88 Å². The monoisotopic (exact) mass is 203 g/mol. The average Bonchev–Trinajstić information content (AvgIpc) is 2.30. The normalized spacial score (nSPS) is 9.60. The third kappa shape index (κ3) is 4.51. The van der Waals surface area contributed by atoms with Crippen molar-refractivity contribution in [3.8, 4) is 18.2 Å². The summed E-state index contributed by atoms with van der Waals surface area (Å²) in [6.45, 7) is 2.93. The zero-order valence-electron chi connectivity index (χ0n) is 9.20. The molecule has 0 fully saturated rings. The van der Waals surface area contributed by atoms with Crippen molar-refractivity contribution in [2.75, 3.05) is 6.61 Å². The molecular weight excluding hydrogens is 186 g/mol. The molecule has 2 heteroatoms. The number of nitrogens with zero attached hydrogens (tertiary/aromatic N) is 1. The SMILES string of the molecule is C#Cc1ccc(OCCCCCC)nc1. The van der Waals surface area contributed by atoms with Crippen molar-refractivity contribution in [1.29, 1.82) is 0 Å². The maximum atomic E-state index is 5.47. The molecule has 1 aromatic rings. The second kappa shape index (κ2) is 6.89. The standard InChI is InChI=1S/C13H17NO/c1-3-5-6-7-10-15-13-9-8-12(4-2)11-14-13/h2,8-9,11H,3,5-7,10H2,1H3. The summed E-state index contributed by atoms with van der Waals surface area (Å²) in [7, 11) is 0.